The van der Waals surface area contributed by atoms with Gasteiger partial charge in [-0.3, -0.25) is 4.79 Å². The number of nitrogens with one attached hydrogen (secondary N) is 1. The van der Waals surface area contributed by atoms with Crippen LogP contribution in [0.5, 0.6) is 5.75 Å². The highest BCUT2D eigenvalue weighted by atomic mass is 16.5. The van der Waals surface area contributed by atoms with Gasteiger partial charge in [0.25, 0.3) is 0 Å². The molecule has 8 nitrogen and oxygen atoms in total. The van der Waals surface area contributed by atoms with Crippen LogP contribution in [0, 0.1) is 0 Å². The molecule has 1 heterocycles. The molecule has 0 saturated carbocycles. The fraction of sp³-hybridized carbons (Fsp3) is 0.375. The van der Waals surface area contributed by atoms with E-state index in [4.69, 9.17) is 9.84 Å². The third kappa shape index (κ3) is 5.08. The highest BCUT2D eigenvalue weighted by Gasteiger charge is 2.10. The Bertz CT molecular complexity index is 694. The van der Waals surface area contributed by atoms with Crippen molar-refractivity contribution in [1.29, 1.82) is 0 Å². The van der Waals surface area contributed by atoms with Crippen molar-refractivity contribution in [3.8, 4) is 5.75 Å². The molecule has 0 fully saturated rings. The average Bonchev–Trinajstić information content (AvgIpc) is 3.00. The van der Waals surface area contributed by atoms with Crippen LogP contribution in [0.2, 0.25) is 0 Å². The Labute approximate surface area is 139 Å². The Morgan fingerprint density at radius 3 is 2.58 bits per heavy atom. The first-order valence-electron chi connectivity index (χ1n) is 7.58. The standard InChI is InChI=1S/C16H20N4O4/c1-11(2)12-3-5-13(6-4-12)24-8-7-17-15(21)10-20-9-14(16(22)23)18-19-20/h3-6,9,11H,7-8,10H2,1-2H3,(H,17,21)(H,22,23). The zero-order valence-corrected chi connectivity index (χ0v) is 13.6. The van der Waals surface area contributed by atoms with Gasteiger partial charge in [0, 0.05) is 0 Å². The number of hydrogen-bond acceptors (Lipinski definition) is 5. The molecule has 2 rings (SSSR count). The molecular weight excluding hydrogens is 312 g/mol. The Balaban J connectivity index is 1.69. The van der Waals surface area contributed by atoms with Gasteiger partial charge in [-0.2, -0.15) is 0 Å². The lowest BCUT2D eigenvalue weighted by molar-refractivity contribution is -0.122. The molecule has 0 spiro atoms. The van der Waals surface area contributed by atoms with Crippen molar-refractivity contribution in [2.24, 2.45) is 0 Å². The molecule has 0 bridgehead atoms. The third-order valence-corrected chi connectivity index (χ3v) is 3.30. The Hall–Kier alpha value is -2.90. The second-order valence-electron chi connectivity index (χ2n) is 5.53. The predicted octanol–water partition coefficient (Wildman–Crippen LogP) is 1.29. The lowest BCUT2D eigenvalue weighted by atomic mass is 10.0. The second-order valence-corrected chi connectivity index (χ2v) is 5.53. The summed E-state index contributed by atoms with van der Waals surface area (Å²) < 4.78 is 6.72. The number of benzene rings is 1. The highest BCUT2D eigenvalue weighted by Crippen LogP contribution is 2.18. The Morgan fingerprint density at radius 2 is 2.00 bits per heavy atom. The van der Waals surface area contributed by atoms with Crippen molar-refractivity contribution in [3.63, 3.8) is 0 Å². The maximum absolute atomic E-state index is 11.7. The number of ether oxygens (including phenoxy) is 1. The Kier molecular flexibility index (Phi) is 5.89. The normalized spacial score (nSPS) is 10.6. The van der Waals surface area contributed by atoms with Crippen molar-refractivity contribution < 1.29 is 19.4 Å². The molecule has 1 amide bonds. The molecule has 0 atom stereocenters. The van der Waals surface area contributed by atoms with Crippen molar-refractivity contribution >= 4 is 11.9 Å². The molecule has 8 heteroatoms. The number of carboxylic acids is 1. The van der Waals surface area contributed by atoms with Crippen molar-refractivity contribution in [3.05, 3.63) is 41.7 Å². The maximum atomic E-state index is 11.7. The smallest absolute Gasteiger partial charge is 0.358 e. The summed E-state index contributed by atoms with van der Waals surface area (Å²) in [5.41, 5.74) is 1.04. The monoisotopic (exact) mass is 332 g/mol. The summed E-state index contributed by atoms with van der Waals surface area (Å²) in [4.78, 5) is 22.4. The first-order valence-corrected chi connectivity index (χ1v) is 7.58. The zero-order chi connectivity index (χ0) is 17.5. The molecule has 2 N–H and O–H groups in total. The summed E-state index contributed by atoms with van der Waals surface area (Å²) >= 11 is 0. The van der Waals surface area contributed by atoms with E-state index in [1.807, 2.05) is 24.3 Å². The number of nitrogens with zero attached hydrogens (tertiary/aromatic N) is 3. The van der Waals surface area contributed by atoms with E-state index in [9.17, 15) is 9.59 Å². The minimum atomic E-state index is -1.18. The van der Waals surface area contributed by atoms with E-state index in [1.165, 1.54) is 16.4 Å². The summed E-state index contributed by atoms with van der Waals surface area (Å²) in [5, 5.41) is 18.4. The number of rotatable bonds is 8. The summed E-state index contributed by atoms with van der Waals surface area (Å²) in [6, 6.07) is 7.84. The van der Waals surface area contributed by atoms with Crippen LogP contribution < -0.4 is 10.1 Å². The third-order valence-electron chi connectivity index (χ3n) is 3.30. The van der Waals surface area contributed by atoms with Crippen LogP contribution in [-0.4, -0.2) is 45.1 Å². The molecule has 0 radical (unpaired) electrons. The summed E-state index contributed by atoms with van der Waals surface area (Å²) in [6.45, 7) is 4.83. The van der Waals surface area contributed by atoms with Gasteiger partial charge >= 0.3 is 5.97 Å². The van der Waals surface area contributed by atoms with Gasteiger partial charge in [-0.15, -0.1) is 5.10 Å². The first-order chi connectivity index (χ1) is 11.5. The molecule has 0 saturated heterocycles. The maximum Gasteiger partial charge on any atom is 0.358 e. The number of carbonyl (C=O) groups excluding carboxylic acids is 1. The van der Waals surface area contributed by atoms with Gasteiger partial charge in [0.1, 0.15) is 18.9 Å². The van der Waals surface area contributed by atoms with Gasteiger partial charge in [0.2, 0.25) is 5.91 Å². The van der Waals surface area contributed by atoms with E-state index >= 15 is 0 Å². The fourth-order valence-electron chi connectivity index (χ4n) is 1.98. The number of aromatic carboxylic acids is 1. The number of carboxylic acid groups (broad SMARTS) is 1. The summed E-state index contributed by atoms with van der Waals surface area (Å²) in [6.07, 6.45) is 1.20. The minimum Gasteiger partial charge on any atom is -0.492 e. The van der Waals surface area contributed by atoms with Gasteiger partial charge in [-0.25, -0.2) is 9.48 Å². The van der Waals surface area contributed by atoms with Gasteiger partial charge < -0.3 is 15.2 Å². The molecule has 128 valence electrons. The van der Waals surface area contributed by atoms with E-state index in [0.717, 1.165) is 5.75 Å². The van der Waals surface area contributed by atoms with Gasteiger partial charge in [-0.05, 0) is 23.6 Å². The van der Waals surface area contributed by atoms with Crippen molar-refractivity contribution in [2.45, 2.75) is 26.3 Å². The second kappa shape index (κ2) is 8.09. The van der Waals surface area contributed by atoms with Crippen LogP contribution in [0.1, 0.15) is 35.8 Å². The van der Waals surface area contributed by atoms with Gasteiger partial charge in [0.15, 0.2) is 5.69 Å². The van der Waals surface area contributed by atoms with Gasteiger partial charge in [-0.1, -0.05) is 31.2 Å². The van der Waals surface area contributed by atoms with E-state index in [-0.39, 0.29) is 18.1 Å². The molecule has 0 aliphatic rings. The topological polar surface area (TPSA) is 106 Å². The van der Waals surface area contributed by atoms with E-state index in [2.05, 4.69) is 29.5 Å². The Morgan fingerprint density at radius 1 is 1.29 bits per heavy atom. The largest absolute Gasteiger partial charge is 0.492 e. The van der Waals surface area contributed by atoms with Crippen molar-refractivity contribution in [1.82, 2.24) is 20.3 Å². The molecule has 24 heavy (non-hydrogen) atoms. The highest BCUT2D eigenvalue weighted by molar-refractivity contribution is 5.84. The fourth-order valence-corrected chi connectivity index (χ4v) is 1.98. The SMILES string of the molecule is CC(C)c1ccc(OCCNC(=O)Cn2cc(C(=O)O)nn2)cc1. The van der Waals surface area contributed by atoms with Crippen LogP contribution in [0.25, 0.3) is 0 Å². The zero-order valence-electron chi connectivity index (χ0n) is 13.6. The average molecular weight is 332 g/mol. The molecule has 0 aliphatic heterocycles. The number of aromatic nitrogens is 3. The first kappa shape index (κ1) is 17.5. The molecule has 0 aliphatic carbocycles. The van der Waals surface area contributed by atoms with E-state index < -0.39 is 5.97 Å². The number of carbonyl (C=O) groups is 2. The quantitative estimate of drug-likeness (QED) is 0.706. The van der Waals surface area contributed by atoms with E-state index in [1.54, 1.807) is 0 Å². The van der Waals surface area contributed by atoms with Crippen molar-refractivity contribution in [2.75, 3.05) is 13.2 Å². The van der Waals surface area contributed by atoms with Crippen LogP contribution >= 0.6 is 0 Å². The van der Waals surface area contributed by atoms with Crippen LogP contribution in [-0.2, 0) is 11.3 Å². The molecular formula is C16H20N4O4. The lowest BCUT2D eigenvalue weighted by Crippen LogP contribution is -2.31. The molecule has 2 aromatic rings. The molecule has 1 aromatic heterocycles. The van der Waals surface area contributed by atoms with Crippen LogP contribution in [0.3, 0.4) is 0 Å². The molecule has 1 aromatic carbocycles. The van der Waals surface area contributed by atoms with Gasteiger partial charge in [0.05, 0.1) is 12.7 Å². The van der Waals surface area contributed by atoms with E-state index in [0.29, 0.717) is 19.1 Å². The number of hydrogen-bond donors (Lipinski definition) is 2. The summed E-state index contributed by atoms with van der Waals surface area (Å²) in [5.74, 6) is -0.262. The molecule has 0 unspecified atom stereocenters. The van der Waals surface area contributed by atoms with Crippen LogP contribution in [0.15, 0.2) is 30.5 Å². The number of amides is 1. The minimum absolute atomic E-state index is 0.0939. The predicted molar refractivity (Wildman–Crippen MR) is 86.0 cm³/mol. The lowest BCUT2D eigenvalue weighted by Gasteiger charge is -2.09. The van der Waals surface area contributed by atoms with Crippen LogP contribution in [0.4, 0.5) is 0 Å². The summed E-state index contributed by atoms with van der Waals surface area (Å²) in [7, 11) is 0.